The number of allylic oxidation sites excluding steroid dienone is 2. The average Bonchev–Trinajstić information content (AvgIpc) is 3.34. The third-order valence-electron chi connectivity index (χ3n) is 8.32. The van der Waals surface area contributed by atoms with Crippen molar-refractivity contribution in [2.45, 2.75) is 65.0 Å². The van der Waals surface area contributed by atoms with E-state index < -0.39 is 0 Å². The fourth-order valence-corrected chi connectivity index (χ4v) is 6.34. The summed E-state index contributed by atoms with van der Waals surface area (Å²) >= 11 is 6.98. The van der Waals surface area contributed by atoms with Crippen LogP contribution in [-0.4, -0.2) is 63.6 Å². The van der Waals surface area contributed by atoms with Gasteiger partial charge in [0.15, 0.2) is 17.2 Å². The van der Waals surface area contributed by atoms with E-state index in [1.165, 1.54) is 5.56 Å². The lowest BCUT2D eigenvalue weighted by Gasteiger charge is -2.37. The summed E-state index contributed by atoms with van der Waals surface area (Å²) in [4.78, 5) is 20.7. The molecule has 0 aliphatic carbocycles. The van der Waals surface area contributed by atoms with Gasteiger partial charge in [-0.15, -0.1) is 0 Å². The number of quaternary nitrogens is 1. The number of fused-ring (bicyclic) bond motifs is 1. The average molecular weight is 595 g/mol. The third kappa shape index (κ3) is 6.68. The van der Waals surface area contributed by atoms with Gasteiger partial charge in [-0.05, 0) is 67.0 Å². The highest BCUT2D eigenvalue weighted by Gasteiger charge is 2.44. The van der Waals surface area contributed by atoms with Gasteiger partial charge in [0.25, 0.3) is 0 Å². The summed E-state index contributed by atoms with van der Waals surface area (Å²) in [5, 5.41) is 0.387. The van der Waals surface area contributed by atoms with Gasteiger partial charge in [0.2, 0.25) is 0 Å². The van der Waals surface area contributed by atoms with Crippen molar-refractivity contribution < 1.29 is 19.0 Å². The minimum atomic E-state index is -0.182. The third-order valence-corrected chi connectivity index (χ3v) is 8.69. The minimum absolute atomic E-state index is 0.00746. The number of hydrogen-bond donors (Lipinski definition) is 0. The molecule has 8 heteroatoms. The number of halogens is 1. The molecule has 2 aromatic rings. The van der Waals surface area contributed by atoms with Crippen LogP contribution >= 0.6 is 11.6 Å². The van der Waals surface area contributed by atoms with Gasteiger partial charge in [0.05, 0.1) is 33.9 Å². The molecule has 2 aromatic carbocycles. The molecule has 1 amide bonds. The van der Waals surface area contributed by atoms with Crippen LogP contribution in [0.25, 0.3) is 0 Å². The molecule has 42 heavy (non-hydrogen) atoms. The molecule has 0 aromatic heterocycles. The minimum Gasteiger partial charge on any atom is -0.496 e. The molecule has 7 nitrogen and oxygen atoms in total. The summed E-state index contributed by atoms with van der Waals surface area (Å²) < 4.78 is 17.0. The molecule has 0 fully saturated rings. The summed E-state index contributed by atoms with van der Waals surface area (Å²) in [5.74, 6) is 3.13. The van der Waals surface area contributed by atoms with Gasteiger partial charge >= 0.3 is 6.41 Å². The van der Waals surface area contributed by atoms with Crippen LogP contribution in [0.2, 0.25) is 5.02 Å². The van der Waals surface area contributed by atoms with Gasteiger partial charge in [0, 0.05) is 12.3 Å². The van der Waals surface area contributed by atoms with E-state index in [0.29, 0.717) is 41.2 Å². The number of aryl methyl sites for hydroxylation is 1. The van der Waals surface area contributed by atoms with Gasteiger partial charge in [-0.25, -0.2) is 9.28 Å². The zero-order valence-electron chi connectivity index (χ0n) is 25.8. The first-order chi connectivity index (χ1) is 20.3. The Balaban J connectivity index is 1.77. The maximum absolute atomic E-state index is 13.3. The van der Waals surface area contributed by atoms with E-state index in [0.717, 1.165) is 55.7 Å². The second kappa shape index (κ2) is 14.3. The van der Waals surface area contributed by atoms with E-state index in [1.807, 2.05) is 30.4 Å². The van der Waals surface area contributed by atoms with E-state index in [-0.39, 0.29) is 16.6 Å². The van der Waals surface area contributed by atoms with Gasteiger partial charge in [-0.1, -0.05) is 57.0 Å². The summed E-state index contributed by atoms with van der Waals surface area (Å²) in [7, 11) is 4.87. The van der Waals surface area contributed by atoms with E-state index in [2.05, 4.69) is 50.1 Å². The number of hydrogen-bond acceptors (Lipinski definition) is 6. The molecule has 226 valence electrons. The van der Waals surface area contributed by atoms with Crippen LogP contribution < -0.4 is 18.7 Å². The number of benzene rings is 2. The fraction of sp³-hybridized carbons (Fsp3) is 0.471. The zero-order chi connectivity index (χ0) is 30.3. The van der Waals surface area contributed by atoms with Crippen molar-refractivity contribution in [3.05, 3.63) is 70.9 Å². The first-order valence-corrected chi connectivity index (χ1v) is 15.3. The SMILES string of the molecule is CCCCc1ccc(OC)c(CC2C(C[N+](C=O)(CCC(C)C)c3ccc(OC)c(OC)c3Cl)N=C3C=CC=CN32)c1. The van der Waals surface area contributed by atoms with Crippen LogP contribution in [0.3, 0.4) is 0 Å². The van der Waals surface area contributed by atoms with E-state index >= 15 is 0 Å². The summed E-state index contributed by atoms with van der Waals surface area (Å²) in [6.07, 6.45) is 14.1. The maximum atomic E-state index is 13.3. The molecule has 3 atom stereocenters. The number of ether oxygens (including phenoxy) is 3. The number of amidine groups is 1. The number of rotatable bonds is 15. The Morgan fingerprint density at radius 3 is 2.50 bits per heavy atom. The van der Waals surface area contributed by atoms with Gasteiger partial charge < -0.3 is 19.1 Å². The molecule has 0 bridgehead atoms. The normalized spacial score (nSPS) is 19.0. The number of nitrogens with zero attached hydrogens (tertiary/aromatic N) is 3. The topological polar surface area (TPSA) is 60.4 Å². The van der Waals surface area contributed by atoms with Gasteiger partial charge in [-0.3, -0.25) is 4.99 Å². The second-order valence-corrected chi connectivity index (χ2v) is 11.9. The van der Waals surface area contributed by atoms with Crippen molar-refractivity contribution in [3.8, 4) is 17.2 Å². The Kier molecular flexibility index (Phi) is 10.7. The lowest BCUT2D eigenvalue weighted by atomic mass is 9.94. The van der Waals surface area contributed by atoms with Crippen molar-refractivity contribution in [1.29, 1.82) is 0 Å². The van der Waals surface area contributed by atoms with E-state index in [1.54, 1.807) is 21.3 Å². The predicted octanol–water partition coefficient (Wildman–Crippen LogP) is 7.00. The number of methoxy groups -OCH3 is 3. The molecule has 2 aliphatic heterocycles. The van der Waals surface area contributed by atoms with Crippen molar-refractivity contribution >= 4 is 29.5 Å². The number of carbonyl (C=O) groups excluding carboxylic acids is 1. The molecule has 0 N–H and O–H groups in total. The molecule has 0 saturated heterocycles. The highest BCUT2D eigenvalue weighted by Crippen LogP contribution is 2.44. The molecule has 4 rings (SSSR count). The fourth-order valence-electron chi connectivity index (χ4n) is 5.94. The monoisotopic (exact) mass is 594 g/mol. The zero-order valence-corrected chi connectivity index (χ0v) is 26.6. The van der Waals surface area contributed by atoms with Crippen LogP contribution in [-0.2, 0) is 17.6 Å². The predicted molar refractivity (Wildman–Crippen MR) is 172 cm³/mol. The number of amides is 1. The molecular formula is C34H45ClN3O4+. The first kappa shape index (κ1) is 31.6. The number of unbranched alkanes of at least 4 members (excludes halogenated alkanes) is 1. The Morgan fingerprint density at radius 2 is 1.83 bits per heavy atom. The number of aliphatic imine (C=N–C) groups is 1. The summed E-state index contributed by atoms with van der Waals surface area (Å²) in [5.41, 5.74) is 3.15. The first-order valence-electron chi connectivity index (χ1n) is 14.9. The molecule has 0 spiro atoms. The molecule has 2 heterocycles. The molecule has 0 radical (unpaired) electrons. The summed E-state index contributed by atoms with van der Waals surface area (Å²) in [6, 6.07) is 10.0. The Hall–Kier alpha value is -3.29. The second-order valence-electron chi connectivity index (χ2n) is 11.5. The van der Waals surface area contributed by atoms with E-state index in [9.17, 15) is 4.79 Å². The van der Waals surface area contributed by atoms with Crippen molar-refractivity contribution in [1.82, 2.24) is 9.38 Å². The lowest BCUT2D eigenvalue weighted by Crippen LogP contribution is -2.56. The maximum Gasteiger partial charge on any atom is 0.306 e. The van der Waals surface area contributed by atoms with Crippen LogP contribution in [0.5, 0.6) is 17.2 Å². The van der Waals surface area contributed by atoms with Crippen molar-refractivity contribution in [2.75, 3.05) is 34.4 Å². The van der Waals surface area contributed by atoms with Gasteiger partial charge in [-0.2, -0.15) is 0 Å². The van der Waals surface area contributed by atoms with Crippen LogP contribution in [0.15, 0.2) is 59.8 Å². The van der Waals surface area contributed by atoms with Crippen LogP contribution in [0.4, 0.5) is 5.69 Å². The standard InChI is InChI=1S/C34H45ClN3O4/c1-7-8-11-25-13-15-30(40-4)26(20-25)21-28-27(36-32-12-9-10-18-37(28)32)22-38(23-39,19-17-24(2)3)29-14-16-31(41-5)34(42-6)33(29)35/h9-10,12-16,18,20,23-24,27-28H,7-8,11,17,19,21-22H2,1-6H3/q+1. The number of carbonyl (C=O) groups is 1. The summed E-state index contributed by atoms with van der Waals surface area (Å²) in [6.45, 7) is 7.59. The largest absolute Gasteiger partial charge is 0.496 e. The molecular weight excluding hydrogens is 550 g/mol. The van der Waals surface area contributed by atoms with Crippen LogP contribution in [0, 0.1) is 5.92 Å². The van der Waals surface area contributed by atoms with Crippen molar-refractivity contribution in [2.24, 2.45) is 10.9 Å². The van der Waals surface area contributed by atoms with Crippen molar-refractivity contribution in [3.63, 3.8) is 0 Å². The molecule has 0 saturated carbocycles. The van der Waals surface area contributed by atoms with Crippen LogP contribution in [0.1, 0.15) is 51.2 Å². The highest BCUT2D eigenvalue weighted by molar-refractivity contribution is 6.35. The van der Waals surface area contributed by atoms with E-state index in [4.69, 9.17) is 30.8 Å². The molecule has 2 aliphatic rings. The Labute approximate surface area is 256 Å². The Morgan fingerprint density at radius 1 is 1.07 bits per heavy atom. The Bertz CT molecular complexity index is 1340. The van der Waals surface area contributed by atoms with Gasteiger partial charge in [0.1, 0.15) is 29.2 Å². The highest BCUT2D eigenvalue weighted by atomic mass is 35.5. The smallest absolute Gasteiger partial charge is 0.306 e. The quantitative estimate of drug-likeness (QED) is 0.164. The molecule has 3 unspecified atom stereocenters. The lowest BCUT2D eigenvalue weighted by molar-refractivity contribution is -0.118.